The van der Waals surface area contributed by atoms with E-state index in [1.165, 1.54) is 8.87 Å². The van der Waals surface area contributed by atoms with Crippen LogP contribution >= 0.6 is 0 Å². The molecule has 1 aliphatic carbocycles. The van der Waals surface area contributed by atoms with Gasteiger partial charge < -0.3 is 9.80 Å². The highest BCUT2D eigenvalue weighted by Crippen LogP contribution is 2.39. The van der Waals surface area contributed by atoms with Gasteiger partial charge in [-0.25, -0.2) is 17.4 Å². The number of pyridine rings is 1. The van der Waals surface area contributed by atoms with Gasteiger partial charge in [-0.2, -0.15) is 5.10 Å². The van der Waals surface area contributed by atoms with E-state index in [2.05, 4.69) is 27.8 Å². The van der Waals surface area contributed by atoms with Crippen LogP contribution in [0.15, 0.2) is 91.4 Å². The van der Waals surface area contributed by atoms with E-state index in [-0.39, 0.29) is 5.91 Å². The highest BCUT2D eigenvalue weighted by molar-refractivity contribution is 7.91. The first-order valence-electron chi connectivity index (χ1n) is 15.7. The summed E-state index contributed by atoms with van der Waals surface area (Å²) in [5.74, 6) is -0.0936. The number of hydrogen-bond donors (Lipinski definition) is 0. The molecule has 2 aromatic carbocycles. The van der Waals surface area contributed by atoms with Crippen molar-refractivity contribution >= 4 is 43.4 Å². The van der Waals surface area contributed by atoms with Crippen molar-refractivity contribution in [2.45, 2.75) is 37.0 Å². The van der Waals surface area contributed by atoms with Crippen molar-refractivity contribution in [3.8, 4) is 11.1 Å². The van der Waals surface area contributed by atoms with Crippen LogP contribution in [0.5, 0.6) is 0 Å². The van der Waals surface area contributed by atoms with Gasteiger partial charge in [0.05, 0.1) is 11.6 Å². The monoisotopic (exact) mass is 634 g/mol. The van der Waals surface area contributed by atoms with Crippen molar-refractivity contribution < 1.29 is 13.2 Å². The van der Waals surface area contributed by atoms with E-state index in [0.29, 0.717) is 23.7 Å². The van der Waals surface area contributed by atoms with Crippen molar-refractivity contribution in [2.75, 3.05) is 34.2 Å². The molecule has 0 bridgehead atoms. The number of amides is 1. The quantitative estimate of drug-likeness (QED) is 0.228. The first-order chi connectivity index (χ1) is 22.1. The Morgan fingerprint density at radius 3 is 2.46 bits per heavy atom. The third kappa shape index (κ3) is 5.05. The Hall–Kier alpha value is -4.54. The van der Waals surface area contributed by atoms with Gasteiger partial charge >= 0.3 is 0 Å². The van der Waals surface area contributed by atoms with Gasteiger partial charge in [0.2, 0.25) is 10.0 Å². The van der Waals surface area contributed by atoms with Crippen molar-refractivity contribution in [1.82, 2.24) is 28.5 Å². The Kier molecular flexibility index (Phi) is 7.44. The fourth-order valence-electron chi connectivity index (χ4n) is 6.68. The number of carbonyl (C=O) groups excluding carboxylic acids is 1. The molecule has 1 fully saturated rings. The van der Waals surface area contributed by atoms with E-state index in [0.717, 1.165) is 64.5 Å². The van der Waals surface area contributed by atoms with Crippen LogP contribution in [0.1, 0.15) is 48.1 Å². The second kappa shape index (κ2) is 11.4. The summed E-state index contributed by atoms with van der Waals surface area (Å²) in [5.41, 5.74) is 5.22. The minimum Gasteiger partial charge on any atom is -0.345 e. The normalized spacial score (nSPS) is 19.5. The fourth-order valence-corrected chi connectivity index (χ4v) is 8.33. The van der Waals surface area contributed by atoms with Gasteiger partial charge in [-0.3, -0.25) is 9.48 Å². The zero-order valence-electron chi connectivity index (χ0n) is 26.6. The second-order valence-corrected chi connectivity index (χ2v) is 15.2. The van der Waals surface area contributed by atoms with Crippen LogP contribution in [-0.2, 0) is 10.0 Å². The summed E-state index contributed by atoms with van der Waals surface area (Å²) >= 11 is 0. The maximum Gasteiger partial charge on any atom is 0.253 e. The number of piperidine rings is 1. The number of aromatic nitrogens is 4. The van der Waals surface area contributed by atoms with Gasteiger partial charge in [-0.05, 0) is 93.4 Å². The van der Waals surface area contributed by atoms with E-state index in [1.807, 2.05) is 60.7 Å². The zero-order chi connectivity index (χ0) is 32.2. The molecule has 1 atom stereocenters. The van der Waals surface area contributed by atoms with Crippen LogP contribution in [0.4, 0.5) is 0 Å². The number of hydrogen-bond acceptors (Lipinski definition) is 6. The molecule has 9 nitrogen and oxygen atoms in total. The average molecular weight is 635 g/mol. The Morgan fingerprint density at radius 2 is 1.72 bits per heavy atom. The maximum absolute atomic E-state index is 14.6. The molecule has 10 heteroatoms. The number of allylic oxidation sites excluding steroid dienone is 3. The predicted molar refractivity (Wildman–Crippen MR) is 183 cm³/mol. The molecule has 3 aromatic heterocycles. The minimum atomic E-state index is -3.98. The summed E-state index contributed by atoms with van der Waals surface area (Å²) in [6.07, 6.45) is 13.7. The third-order valence-corrected chi connectivity index (χ3v) is 11.7. The molecule has 7 rings (SSSR count). The van der Waals surface area contributed by atoms with Crippen molar-refractivity contribution in [3.05, 3.63) is 103 Å². The third-order valence-electron chi connectivity index (χ3n) is 9.45. The first kappa shape index (κ1) is 30.1. The minimum absolute atomic E-state index is 0.0936. The van der Waals surface area contributed by atoms with Gasteiger partial charge in [-0.15, -0.1) is 0 Å². The molecule has 0 radical (unpaired) electrons. The summed E-state index contributed by atoms with van der Waals surface area (Å²) in [4.78, 5) is 20.9. The SMILES string of the molecule is CN1CCC(n2cc3c(C4=CC(C)(S(=O)(=O)n5cc(-c6ccc(C(=O)N(C)C)cc6)c6cccnc65)CC=C4)cccc3n2)CC1. The Balaban J connectivity index is 1.27. The van der Waals surface area contributed by atoms with Crippen LogP contribution < -0.4 is 0 Å². The lowest BCUT2D eigenvalue weighted by atomic mass is 9.91. The van der Waals surface area contributed by atoms with Crippen molar-refractivity contribution in [1.29, 1.82) is 0 Å². The second-order valence-electron chi connectivity index (χ2n) is 12.9. The highest BCUT2D eigenvalue weighted by atomic mass is 32.2. The molecule has 1 unspecified atom stereocenters. The number of nitrogens with zero attached hydrogens (tertiary/aromatic N) is 6. The summed E-state index contributed by atoms with van der Waals surface area (Å²) in [6.45, 7) is 3.87. The molecule has 1 saturated heterocycles. The summed E-state index contributed by atoms with van der Waals surface area (Å²) in [6, 6.07) is 17.3. The zero-order valence-corrected chi connectivity index (χ0v) is 27.4. The number of benzene rings is 2. The lowest BCUT2D eigenvalue weighted by molar-refractivity contribution is 0.0827. The van der Waals surface area contributed by atoms with Crippen molar-refractivity contribution in [2.24, 2.45) is 0 Å². The van der Waals surface area contributed by atoms with E-state index in [1.54, 1.807) is 45.5 Å². The first-order valence-corrected chi connectivity index (χ1v) is 17.1. The largest absolute Gasteiger partial charge is 0.345 e. The standard InChI is InChI=1S/C36H38N6O3S/c1-36(18-6-8-27(22-36)29-9-5-11-33-32(29)23-41(38-33)28-16-20-40(4)21-17-28)46(44,45)42-24-31(30-10-7-19-37-34(30)42)25-12-14-26(15-13-25)35(43)39(2)3/h5-15,19,22-24,28H,16-18,20-21H2,1-4H3. The number of carbonyl (C=O) groups is 1. The average Bonchev–Trinajstić information content (AvgIpc) is 3.67. The molecule has 236 valence electrons. The molecule has 1 amide bonds. The van der Waals surface area contributed by atoms with Crippen LogP contribution in [0.2, 0.25) is 0 Å². The summed E-state index contributed by atoms with van der Waals surface area (Å²) < 4.78 is 31.5. The van der Waals surface area contributed by atoms with E-state index >= 15 is 0 Å². The molecular weight excluding hydrogens is 597 g/mol. The van der Waals surface area contributed by atoms with E-state index in [9.17, 15) is 13.2 Å². The maximum atomic E-state index is 14.6. The molecule has 0 spiro atoms. The van der Waals surface area contributed by atoms with E-state index in [4.69, 9.17) is 5.10 Å². The highest BCUT2D eigenvalue weighted by Gasteiger charge is 2.41. The Morgan fingerprint density at radius 1 is 0.957 bits per heavy atom. The Bertz CT molecular complexity index is 2130. The molecule has 2 aliphatic rings. The molecule has 5 aromatic rings. The van der Waals surface area contributed by atoms with E-state index < -0.39 is 14.8 Å². The topological polar surface area (TPSA) is 93.3 Å². The smallest absolute Gasteiger partial charge is 0.253 e. The van der Waals surface area contributed by atoms with Crippen LogP contribution in [-0.4, -0.2) is 81.8 Å². The molecule has 4 heterocycles. The number of rotatable bonds is 6. The molecule has 0 N–H and O–H groups in total. The lowest BCUT2D eigenvalue weighted by Gasteiger charge is -2.29. The lowest BCUT2D eigenvalue weighted by Crippen LogP contribution is -2.38. The number of likely N-dealkylation sites (tertiary alicyclic amines) is 1. The van der Waals surface area contributed by atoms with Gasteiger partial charge in [-0.1, -0.05) is 42.5 Å². The van der Waals surface area contributed by atoms with Gasteiger partial charge in [0.1, 0.15) is 4.75 Å². The Labute approximate surface area is 269 Å². The fraction of sp³-hybridized carbons (Fsp3) is 0.306. The summed E-state index contributed by atoms with van der Waals surface area (Å²) in [7, 11) is 1.60. The molecular formula is C36H38N6O3S. The van der Waals surface area contributed by atoms with Crippen LogP contribution in [0, 0.1) is 0 Å². The number of fused-ring (bicyclic) bond motifs is 2. The molecule has 46 heavy (non-hydrogen) atoms. The molecule has 0 saturated carbocycles. The van der Waals surface area contributed by atoms with Crippen LogP contribution in [0.25, 0.3) is 38.6 Å². The van der Waals surface area contributed by atoms with Gasteiger partial charge in [0.15, 0.2) is 5.65 Å². The molecule has 1 aliphatic heterocycles. The van der Waals surface area contributed by atoms with Gasteiger partial charge in [0.25, 0.3) is 5.91 Å². The van der Waals surface area contributed by atoms with Crippen molar-refractivity contribution in [3.63, 3.8) is 0 Å². The van der Waals surface area contributed by atoms with Crippen LogP contribution in [0.3, 0.4) is 0 Å². The predicted octanol–water partition coefficient (Wildman–Crippen LogP) is 6.00. The summed E-state index contributed by atoms with van der Waals surface area (Å²) in [5, 5.41) is 6.68. The van der Waals surface area contributed by atoms with Gasteiger partial charge in [0, 0.05) is 54.6 Å².